The van der Waals surface area contributed by atoms with Gasteiger partial charge in [-0.2, -0.15) is 9.78 Å². The highest BCUT2D eigenvalue weighted by molar-refractivity contribution is 9.10. The van der Waals surface area contributed by atoms with Crippen molar-refractivity contribution < 1.29 is 19.1 Å². The van der Waals surface area contributed by atoms with Crippen LogP contribution in [0.1, 0.15) is 50.7 Å². The van der Waals surface area contributed by atoms with Crippen LogP contribution in [-0.4, -0.2) is 34.1 Å². The third-order valence-electron chi connectivity index (χ3n) is 2.28. The molecule has 0 aliphatic rings. The molecule has 0 amide bonds. The van der Waals surface area contributed by atoms with Gasteiger partial charge in [0.1, 0.15) is 15.8 Å². The normalized spacial score (nSPS) is 11.3. The largest absolute Gasteiger partial charge is 0.462 e. The number of hydrogen-bond donors (Lipinski definition) is 0. The van der Waals surface area contributed by atoms with Crippen LogP contribution in [-0.2, 0) is 15.9 Å². The van der Waals surface area contributed by atoms with Gasteiger partial charge in [0.05, 0.1) is 12.3 Å². The van der Waals surface area contributed by atoms with E-state index in [0.717, 1.165) is 4.68 Å². The van der Waals surface area contributed by atoms with Crippen molar-refractivity contribution in [1.82, 2.24) is 9.78 Å². The third-order valence-corrected chi connectivity index (χ3v) is 3.01. The molecule has 0 saturated carbocycles. The standard InChI is InChI=1S/C13H19BrN2O4/c1-6-8-9(11(17)19-7-2)10(14)16(15-8)12(18)20-13(3,4)5/h6-7H2,1-5H3. The predicted molar refractivity (Wildman–Crippen MR) is 76.9 cm³/mol. The lowest BCUT2D eigenvalue weighted by Crippen LogP contribution is -2.28. The lowest BCUT2D eigenvalue weighted by atomic mass is 10.2. The highest BCUT2D eigenvalue weighted by atomic mass is 79.9. The molecule has 1 aromatic heterocycles. The molecule has 1 heterocycles. The molecule has 1 rings (SSSR count). The summed E-state index contributed by atoms with van der Waals surface area (Å²) in [6.07, 6.45) is -0.141. The van der Waals surface area contributed by atoms with Crippen molar-refractivity contribution in [3.05, 3.63) is 15.9 Å². The van der Waals surface area contributed by atoms with Crippen molar-refractivity contribution in [3.8, 4) is 0 Å². The van der Waals surface area contributed by atoms with Crippen LogP contribution in [0.4, 0.5) is 4.79 Å². The van der Waals surface area contributed by atoms with Gasteiger partial charge in [-0.15, -0.1) is 0 Å². The maximum atomic E-state index is 12.0. The number of nitrogens with zero attached hydrogens (tertiary/aromatic N) is 2. The summed E-state index contributed by atoms with van der Waals surface area (Å²) < 4.78 is 11.5. The predicted octanol–water partition coefficient (Wildman–Crippen LogP) is 3.17. The molecule has 7 heteroatoms. The minimum absolute atomic E-state index is 0.252. The molecule has 0 saturated heterocycles. The highest BCUT2D eigenvalue weighted by Crippen LogP contribution is 2.23. The molecule has 0 radical (unpaired) electrons. The van der Waals surface area contributed by atoms with Gasteiger partial charge in [0.15, 0.2) is 0 Å². The number of rotatable bonds is 3. The van der Waals surface area contributed by atoms with E-state index in [-0.39, 0.29) is 16.8 Å². The van der Waals surface area contributed by atoms with E-state index in [1.807, 2.05) is 6.92 Å². The molecule has 0 N–H and O–H groups in total. The van der Waals surface area contributed by atoms with Gasteiger partial charge >= 0.3 is 12.1 Å². The average Bonchev–Trinajstić information content (AvgIpc) is 2.64. The Morgan fingerprint density at radius 1 is 1.30 bits per heavy atom. The number of aryl methyl sites for hydroxylation is 1. The first kappa shape index (κ1) is 16.7. The molecular formula is C13H19BrN2O4. The Bertz CT molecular complexity index is 517. The van der Waals surface area contributed by atoms with Crippen molar-refractivity contribution in [3.63, 3.8) is 0 Å². The summed E-state index contributed by atoms with van der Waals surface area (Å²) in [5.41, 5.74) is 0.111. The summed E-state index contributed by atoms with van der Waals surface area (Å²) in [5.74, 6) is -0.508. The van der Waals surface area contributed by atoms with E-state index in [9.17, 15) is 9.59 Å². The number of ether oxygens (including phenoxy) is 2. The van der Waals surface area contributed by atoms with Gasteiger partial charge in [-0.3, -0.25) is 0 Å². The second kappa shape index (κ2) is 6.39. The lowest BCUT2D eigenvalue weighted by Gasteiger charge is -2.19. The smallest absolute Gasteiger partial charge is 0.436 e. The Morgan fingerprint density at radius 3 is 2.35 bits per heavy atom. The van der Waals surface area contributed by atoms with Crippen LogP contribution in [0.5, 0.6) is 0 Å². The van der Waals surface area contributed by atoms with Crippen LogP contribution in [0.3, 0.4) is 0 Å². The number of carbonyl (C=O) groups is 2. The van der Waals surface area contributed by atoms with Crippen molar-refractivity contribution in [2.75, 3.05) is 6.61 Å². The van der Waals surface area contributed by atoms with E-state index in [4.69, 9.17) is 9.47 Å². The maximum absolute atomic E-state index is 12.0. The molecule has 0 aromatic carbocycles. The third kappa shape index (κ3) is 3.82. The van der Waals surface area contributed by atoms with Crippen LogP contribution < -0.4 is 0 Å². The van der Waals surface area contributed by atoms with Crippen molar-refractivity contribution in [1.29, 1.82) is 0 Å². The number of esters is 1. The molecule has 0 aliphatic heterocycles. The topological polar surface area (TPSA) is 70.4 Å². The van der Waals surface area contributed by atoms with Gasteiger partial charge in [-0.05, 0) is 50.0 Å². The van der Waals surface area contributed by atoms with E-state index in [1.165, 1.54) is 0 Å². The molecule has 0 bridgehead atoms. The SMILES string of the molecule is CCOC(=O)c1c(CC)nn(C(=O)OC(C)(C)C)c1Br. The number of halogens is 1. The zero-order valence-corrected chi connectivity index (χ0v) is 13.9. The zero-order valence-electron chi connectivity index (χ0n) is 12.3. The monoisotopic (exact) mass is 346 g/mol. The highest BCUT2D eigenvalue weighted by Gasteiger charge is 2.27. The average molecular weight is 347 g/mol. The molecule has 0 atom stereocenters. The maximum Gasteiger partial charge on any atom is 0.436 e. The van der Waals surface area contributed by atoms with Crippen LogP contribution in [0.2, 0.25) is 0 Å². The van der Waals surface area contributed by atoms with E-state index < -0.39 is 17.7 Å². The van der Waals surface area contributed by atoms with Crippen LogP contribution in [0.15, 0.2) is 4.60 Å². The first-order valence-electron chi connectivity index (χ1n) is 6.39. The van der Waals surface area contributed by atoms with Gasteiger partial charge in [0, 0.05) is 0 Å². The molecule has 0 fully saturated rings. The molecule has 1 aromatic rings. The second-order valence-electron chi connectivity index (χ2n) is 5.08. The fraction of sp³-hybridized carbons (Fsp3) is 0.615. The minimum atomic E-state index is -0.644. The molecule has 0 unspecified atom stereocenters. The molecule has 0 aliphatic carbocycles. The van der Waals surface area contributed by atoms with Crippen LogP contribution in [0.25, 0.3) is 0 Å². The molecule has 6 nitrogen and oxygen atoms in total. The second-order valence-corrected chi connectivity index (χ2v) is 5.83. The summed E-state index contributed by atoms with van der Waals surface area (Å²) in [7, 11) is 0. The fourth-order valence-electron chi connectivity index (χ4n) is 1.52. The molecule has 112 valence electrons. The Hall–Kier alpha value is -1.37. The first-order chi connectivity index (χ1) is 9.21. The fourth-order valence-corrected chi connectivity index (χ4v) is 2.13. The quantitative estimate of drug-likeness (QED) is 0.786. The summed E-state index contributed by atoms with van der Waals surface area (Å²) in [6, 6.07) is 0. The van der Waals surface area contributed by atoms with E-state index in [2.05, 4.69) is 21.0 Å². The lowest BCUT2D eigenvalue weighted by molar-refractivity contribution is 0.0509. The molecular weight excluding hydrogens is 328 g/mol. The number of hydrogen-bond acceptors (Lipinski definition) is 5. The van der Waals surface area contributed by atoms with Gasteiger partial charge in [0.25, 0.3) is 0 Å². The van der Waals surface area contributed by atoms with E-state index in [0.29, 0.717) is 12.1 Å². The van der Waals surface area contributed by atoms with Gasteiger partial charge in [0.2, 0.25) is 0 Å². The minimum Gasteiger partial charge on any atom is -0.462 e. The molecule has 20 heavy (non-hydrogen) atoms. The van der Waals surface area contributed by atoms with Crippen LogP contribution in [0, 0.1) is 0 Å². The van der Waals surface area contributed by atoms with Crippen molar-refractivity contribution in [2.45, 2.75) is 46.6 Å². The summed E-state index contributed by atoms with van der Waals surface area (Å²) in [6.45, 7) is 9.10. The van der Waals surface area contributed by atoms with Gasteiger partial charge < -0.3 is 9.47 Å². The Morgan fingerprint density at radius 2 is 1.90 bits per heavy atom. The summed E-state index contributed by atoms with van der Waals surface area (Å²) >= 11 is 3.22. The van der Waals surface area contributed by atoms with Crippen molar-refractivity contribution in [2.24, 2.45) is 0 Å². The molecule has 0 spiro atoms. The Balaban J connectivity index is 3.18. The first-order valence-corrected chi connectivity index (χ1v) is 7.18. The van der Waals surface area contributed by atoms with Crippen molar-refractivity contribution >= 4 is 28.0 Å². The van der Waals surface area contributed by atoms with Gasteiger partial charge in [-0.1, -0.05) is 6.92 Å². The number of aromatic nitrogens is 2. The summed E-state index contributed by atoms with van der Waals surface area (Å²) in [5, 5.41) is 4.11. The van der Waals surface area contributed by atoms with Crippen LogP contribution >= 0.6 is 15.9 Å². The number of carbonyl (C=O) groups excluding carboxylic acids is 2. The Kier molecular flexibility index (Phi) is 5.33. The Labute approximate surface area is 126 Å². The van der Waals surface area contributed by atoms with Gasteiger partial charge in [-0.25, -0.2) is 9.59 Å². The summed E-state index contributed by atoms with van der Waals surface area (Å²) in [4.78, 5) is 23.9. The zero-order chi connectivity index (χ0) is 15.5. The van der Waals surface area contributed by atoms with E-state index in [1.54, 1.807) is 27.7 Å². The van der Waals surface area contributed by atoms with E-state index >= 15 is 0 Å².